The second kappa shape index (κ2) is 5.40. The molecule has 2 N–H and O–H groups in total. The van der Waals surface area contributed by atoms with E-state index in [1.54, 1.807) is 12.3 Å². The zero-order chi connectivity index (χ0) is 14.8. The van der Waals surface area contributed by atoms with Crippen LogP contribution < -0.4 is 5.32 Å². The molecular weight excluding hydrogens is 267 g/mol. The molecule has 0 aliphatic carbocycles. The molecule has 0 aliphatic heterocycles. The van der Waals surface area contributed by atoms with E-state index < -0.39 is 0 Å². The Morgan fingerprint density at radius 2 is 1.95 bits per heavy atom. The van der Waals surface area contributed by atoms with Crippen molar-refractivity contribution in [1.29, 1.82) is 0 Å². The summed E-state index contributed by atoms with van der Waals surface area (Å²) in [6.07, 6.45) is 1.61. The predicted molar refractivity (Wildman–Crippen MR) is 80.6 cm³/mol. The summed E-state index contributed by atoms with van der Waals surface area (Å²) in [7, 11) is 0. The van der Waals surface area contributed by atoms with Gasteiger partial charge in [0.1, 0.15) is 5.82 Å². The lowest BCUT2D eigenvalue weighted by atomic mass is 10.1. The fourth-order valence-corrected chi connectivity index (χ4v) is 2.26. The molecule has 0 saturated carbocycles. The van der Waals surface area contributed by atoms with E-state index in [0.717, 1.165) is 11.1 Å². The maximum atomic E-state index is 13.3. The van der Waals surface area contributed by atoms with Crippen LogP contribution in [0.3, 0.4) is 0 Å². The van der Waals surface area contributed by atoms with E-state index in [1.165, 1.54) is 17.7 Å². The number of fused-ring (bicyclic) bond motifs is 1. The Labute approximate surface area is 121 Å². The molecule has 0 saturated heterocycles. The largest absolute Gasteiger partial charge is 0.360 e. The fraction of sp³-hybridized carbons (Fsp3) is 0.118. The number of amides is 1. The van der Waals surface area contributed by atoms with Gasteiger partial charge in [0, 0.05) is 23.6 Å². The average Bonchev–Trinajstić information content (AvgIpc) is 2.89. The molecule has 0 radical (unpaired) electrons. The Balaban J connectivity index is 1.78. The number of hydrogen-bond donors (Lipinski definition) is 2. The lowest BCUT2D eigenvalue weighted by molar-refractivity contribution is 0.0952. The standard InChI is InChI=1S/C17H15FN2O/c1-11-2-4-12(5-3-11)9-20-17(21)15-10-19-16-7-6-13(18)8-14(15)16/h2-8,10,19H,9H2,1H3,(H,20,21). The highest BCUT2D eigenvalue weighted by Gasteiger charge is 2.12. The van der Waals surface area contributed by atoms with E-state index in [9.17, 15) is 9.18 Å². The van der Waals surface area contributed by atoms with Gasteiger partial charge in [-0.15, -0.1) is 0 Å². The molecule has 106 valence electrons. The van der Waals surface area contributed by atoms with E-state index in [2.05, 4.69) is 10.3 Å². The summed E-state index contributed by atoms with van der Waals surface area (Å²) < 4.78 is 13.3. The maximum absolute atomic E-state index is 13.3. The first-order valence-corrected chi connectivity index (χ1v) is 6.74. The van der Waals surface area contributed by atoms with Crippen molar-refractivity contribution >= 4 is 16.8 Å². The van der Waals surface area contributed by atoms with Crippen LogP contribution in [0.2, 0.25) is 0 Å². The van der Waals surface area contributed by atoms with E-state index in [4.69, 9.17) is 0 Å². The number of aromatic amines is 1. The van der Waals surface area contributed by atoms with Crippen LogP contribution in [0.4, 0.5) is 4.39 Å². The van der Waals surface area contributed by atoms with Crippen molar-refractivity contribution < 1.29 is 9.18 Å². The summed E-state index contributed by atoms with van der Waals surface area (Å²) in [4.78, 5) is 15.2. The van der Waals surface area contributed by atoms with E-state index in [1.807, 2.05) is 31.2 Å². The maximum Gasteiger partial charge on any atom is 0.253 e. The molecule has 21 heavy (non-hydrogen) atoms. The summed E-state index contributed by atoms with van der Waals surface area (Å²) in [6, 6.07) is 12.3. The summed E-state index contributed by atoms with van der Waals surface area (Å²) in [5.41, 5.74) is 3.41. The highest BCUT2D eigenvalue weighted by Crippen LogP contribution is 2.19. The van der Waals surface area contributed by atoms with Gasteiger partial charge < -0.3 is 10.3 Å². The molecule has 3 aromatic rings. The highest BCUT2D eigenvalue weighted by atomic mass is 19.1. The van der Waals surface area contributed by atoms with Crippen LogP contribution in [0.5, 0.6) is 0 Å². The normalized spacial score (nSPS) is 10.8. The van der Waals surface area contributed by atoms with Gasteiger partial charge in [0.15, 0.2) is 0 Å². The van der Waals surface area contributed by atoms with Gasteiger partial charge in [-0.1, -0.05) is 29.8 Å². The minimum Gasteiger partial charge on any atom is -0.360 e. The second-order valence-corrected chi connectivity index (χ2v) is 5.06. The second-order valence-electron chi connectivity index (χ2n) is 5.06. The molecular formula is C17H15FN2O. The van der Waals surface area contributed by atoms with Crippen LogP contribution in [0.1, 0.15) is 21.5 Å². The Hall–Kier alpha value is -2.62. The third kappa shape index (κ3) is 2.79. The third-order valence-electron chi connectivity index (χ3n) is 3.46. The van der Waals surface area contributed by atoms with Crippen molar-refractivity contribution in [1.82, 2.24) is 10.3 Å². The molecule has 3 rings (SSSR count). The SMILES string of the molecule is Cc1ccc(CNC(=O)c2c[nH]c3ccc(F)cc23)cc1. The van der Waals surface area contributed by atoms with Crippen LogP contribution in [0.25, 0.3) is 10.9 Å². The van der Waals surface area contributed by atoms with Gasteiger partial charge in [0.2, 0.25) is 0 Å². The van der Waals surface area contributed by atoms with Crippen molar-refractivity contribution in [3.05, 3.63) is 71.2 Å². The number of carbonyl (C=O) groups is 1. The average molecular weight is 282 g/mol. The molecule has 0 unspecified atom stereocenters. The molecule has 4 heteroatoms. The van der Waals surface area contributed by atoms with Crippen molar-refractivity contribution in [3.63, 3.8) is 0 Å². The lowest BCUT2D eigenvalue weighted by Gasteiger charge is -2.05. The number of nitrogens with one attached hydrogen (secondary N) is 2. The van der Waals surface area contributed by atoms with Gasteiger partial charge in [0.25, 0.3) is 5.91 Å². The van der Waals surface area contributed by atoms with Gasteiger partial charge in [-0.05, 0) is 30.7 Å². The third-order valence-corrected chi connectivity index (χ3v) is 3.46. The number of H-pyrrole nitrogens is 1. The van der Waals surface area contributed by atoms with Crippen molar-refractivity contribution in [2.24, 2.45) is 0 Å². The summed E-state index contributed by atoms with van der Waals surface area (Å²) >= 11 is 0. The fourth-order valence-electron chi connectivity index (χ4n) is 2.26. The first-order chi connectivity index (χ1) is 10.1. The van der Waals surface area contributed by atoms with E-state index >= 15 is 0 Å². The molecule has 1 heterocycles. The molecule has 0 atom stereocenters. The minimum absolute atomic E-state index is 0.215. The molecule has 1 amide bonds. The quantitative estimate of drug-likeness (QED) is 0.758. The number of aryl methyl sites for hydroxylation is 1. The number of carbonyl (C=O) groups excluding carboxylic acids is 1. The van der Waals surface area contributed by atoms with Gasteiger partial charge >= 0.3 is 0 Å². The Bertz CT molecular complexity index is 790. The number of aromatic nitrogens is 1. The van der Waals surface area contributed by atoms with Crippen LogP contribution in [0, 0.1) is 12.7 Å². The Kier molecular flexibility index (Phi) is 3.44. The van der Waals surface area contributed by atoms with Crippen molar-refractivity contribution in [2.45, 2.75) is 13.5 Å². The molecule has 3 nitrogen and oxygen atoms in total. The summed E-state index contributed by atoms with van der Waals surface area (Å²) in [6.45, 7) is 2.46. The van der Waals surface area contributed by atoms with Crippen LogP contribution >= 0.6 is 0 Å². The smallest absolute Gasteiger partial charge is 0.253 e. The summed E-state index contributed by atoms with van der Waals surface area (Å²) in [5.74, 6) is -0.567. The molecule has 0 aliphatic rings. The van der Waals surface area contributed by atoms with E-state index in [0.29, 0.717) is 17.5 Å². The topological polar surface area (TPSA) is 44.9 Å². The highest BCUT2D eigenvalue weighted by molar-refractivity contribution is 6.06. The molecule has 0 fully saturated rings. The summed E-state index contributed by atoms with van der Waals surface area (Å²) in [5, 5.41) is 3.44. The van der Waals surface area contributed by atoms with Gasteiger partial charge in [-0.3, -0.25) is 4.79 Å². The Morgan fingerprint density at radius 3 is 2.71 bits per heavy atom. The lowest BCUT2D eigenvalue weighted by Crippen LogP contribution is -2.22. The number of rotatable bonds is 3. The zero-order valence-electron chi connectivity index (χ0n) is 11.6. The number of hydrogen-bond acceptors (Lipinski definition) is 1. The van der Waals surface area contributed by atoms with Crippen LogP contribution in [-0.2, 0) is 6.54 Å². The van der Waals surface area contributed by atoms with Crippen molar-refractivity contribution in [2.75, 3.05) is 0 Å². The molecule has 2 aromatic carbocycles. The van der Waals surface area contributed by atoms with Crippen molar-refractivity contribution in [3.8, 4) is 0 Å². The molecule has 0 spiro atoms. The minimum atomic E-state index is -0.352. The first-order valence-electron chi connectivity index (χ1n) is 6.74. The molecule has 1 aromatic heterocycles. The predicted octanol–water partition coefficient (Wildman–Crippen LogP) is 3.55. The van der Waals surface area contributed by atoms with E-state index in [-0.39, 0.29) is 11.7 Å². The van der Waals surface area contributed by atoms with Crippen LogP contribution in [0.15, 0.2) is 48.7 Å². The van der Waals surface area contributed by atoms with Gasteiger partial charge in [0.05, 0.1) is 5.56 Å². The number of benzene rings is 2. The molecule has 0 bridgehead atoms. The van der Waals surface area contributed by atoms with Crippen LogP contribution in [-0.4, -0.2) is 10.9 Å². The number of halogens is 1. The first kappa shape index (κ1) is 13.4. The van der Waals surface area contributed by atoms with Gasteiger partial charge in [-0.25, -0.2) is 4.39 Å². The zero-order valence-corrected chi connectivity index (χ0v) is 11.6. The van der Waals surface area contributed by atoms with Gasteiger partial charge in [-0.2, -0.15) is 0 Å². The monoisotopic (exact) mass is 282 g/mol. The Morgan fingerprint density at radius 1 is 1.19 bits per heavy atom.